The summed E-state index contributed by atoms with van der Waals surface area (Å²) in [6.45, 7) is 9.67. The Labute approximate surface area is 109 Å². The number of hydrogen-bond donors (Lipinski definition) is 0. The molecule has 0 aromatic heterocycles. The Kier molecular flexibility index (Phi) is 49.3. The molecule has 0 saturated carbocycles. The van der Waals surface area contributed by atoms with Gasteiger partial charge in [0.15, 0.2) is 0 Å². The van der Waals surface area contributed by atoms with Crippen molar-refractivity contribution in [2.45, 2.75) is 59.9 Å². The second-order valence-corrected chi connectivity index (χ2v) is 3.15. The van der Waals surface area contributed by atoms with Crippen LogP contribution in [-0.4, -0.2) is 18.3 Å². The van der Waals surface area contributed by atoms with Gasteiger partial charge in [-0.25, -0.2) is 0 Å². The topological polar surface area (TPSA) is 69.2 Å². The van der Waals surface area contributed by atoms with Crippen LogP contribution in [0, 0.1) is 7.43 Å². The van der Waals surface area contributed by atoms with Crippen molar-refractivity contribution in [3.8, 4) is 0 Å². The summed E-state index contributed by atoms with van der Waals surface area (Å²) in [5.74, 6) is 0. The van der Waals surface area contributed by atoms with E-state index in [1.807, 2.05) is 0 Å². The third-order valence-corrected chi connectivity index (χ3v) is 0. The molecule has 0 aromatic rings. The molecule has 0 heterocycles. The van der Waals surface area contributed by atoms with Crippen molar-refractivity contribution in [1.29, 1.82) is 0 Å². The Morgan fingerprint density at radius 3 is 0.571 bits per heavy atom. The average Bonchev–Trinajstić information content (AvgIpc) is 1.54. The van der Waals surface area contributed by atoms with Gasteiger partial charge in [0.1, 0.15) is 0 Å². The van der Waals surface area contributed by atoms with E-state index in [2.05, 4.69) is 0 Å². The zero-order chi connectivity index (χ0) is 10.7. The second kappa shape index (κ2) is 23.5. The molecular weight excluding hydrogens is 259 g/mol. The predicted molar refractivity (Wildman–Crippen MR) is 51.8 cm³/mol. The molecular formula is C10H24O3Zr. The van der Waals surface area contributed by atoms with E-state index < -0.39 is 18.3 Å². The first kappa shape index (κ1) is 29.3. The summed E-state index contributed by atoms with van der Waals surface area (Å²) in [7, 11) is 0. The first-order chi connectivity index (χ1) is 5.20. The van der Waals surface area contributed by atoms with Gasteiger partial charge in [0.2, 0.25) is 0 Å². The molecule has 0 saturated heterocycles. The molecule has 0 aliphatic rings. The Balaban J connectivity index is -0.0000000270. The molecule has 0 fully saturated rings. The molecule has 0 atom stereocenters. The summed E-state index contributed by atoms with van der Waals surface area (Å²) in [5.41, 5.74) is 0. The van der Waals surface area contributed by atoms with Gasteiger partial charge in [-0.15, -0.1) is 18.3 Å². The Morgan fingerprint density at radius 1 is 0.571 bits per heavy atom. The SMILES string of the molecule is CC(C)[O-].CC(C)[O-].CC(C)[O-].[CH3-].[Zr+4]. The van der Waals surface area contributed by atoms with Crippen LogP contribution in [0.3, 0.4) is 0 Å². The van der Waals surface area contributed by atoms with Crippen molar-refractivity contribution in [3.63, 3.8) is 0 Å². The summed E-state index contributed by atoms with van der Waals surface area (Å²) >= 11 is 0. The molecule has 0 radical (unpaired) electrons. The molecule has 3 nitrogen and oxygen atoms in total. The average molecular weight is 284 g/mol. The molecule has 0 aromatic carbocycles. The molecule has 0 aliphatic heterocycles. The van der Waals surface area contributed by atoms with Gasteiger partial charge in [0.05, 0.1) is 0 Å². The molecule has 0 amide bonds. The van der Waals surface area contributed by atoms with Crippen LogP contribution < -0.4 is 15.3 Å². The molecule has 0 spiro atoms. The maximum Gasteiger partial charge on any atom is 4.00 e. The second-order valence-electron chi connectivity index (χ2n) is 3.15. The molecule has 14 heavy (non-hydrogen) atoms. The fourth-order valence-electron chi connectivity index (χ4n) is 0. The third kappa shape index (κ3) is 3030. The first-order valence-electron chi connectivity index (χ1n) is 4.17. The molecule has 0 aliphatic carbocycles. The first-order valence-corrected chi connectivity index (χ1v) is 4.17. The van der Waals surface area contributed by atoms with Crippen LogP contribution in [0.2, 0.25) is 0 Å². The van der Waals surface area contributed by atoms with Gasteiger partial charge in [-0.1, -0.05) is 41.5 Å². The largest absolute Gasteiger partial charge is 4.00 e. The quantitative estimate of drug-likeness (QED) is 0.574. The van der Waals surface area contributed by atoms with Gasteiger partial charge in [-0.2, -0.15) is 0 Å². The van der Waals surface area contributed by atoms with Crippen molar-refractivity contribution in [2.75, 3.05) is 0 Å². The Hall–Kier alpha value is 0.763. The van der Waals surface area contributed by atoms with E-state index in [1.165, 1.54) is 0 Å². The normalized spacial score (nSPS) is 7.71. The van der Waals surface area contributed by atoms with Gasteiger partial charge in [-0.3, -0.25) is 0 Å². The van der Waals surface area contributed by atoms with E-state index >= 15 is 0 Å². The predicted octanol–water partition coefficient (Wildman–Crippen LogP) is -0.287. The van der Waals surface area contributed by atoms with E-state index in [4.69, 9.17) is 0 Å². The molecule has 0 N–H and O–H groups in total. The minimum absolute atomic E-state index is 0. The fourth-order valence-corrected chi connectivity index (χ4v) is 0. The maximum atomic E-state index is 9.53. The number of hydrogen-bond acceptors (Lipinski definition) is 3. The Bertz CT molecular complexity index is 43.9. The van der Waals surface area contributed by atoms with Crippen molar-refractivity contribution in [1.82, 2.24) is 0 Å². The summed E-state index contributed by atoms with van der Waals surface area (Å²) < 4.78 is 0. The van der Waals surface area contributed by atoms with Crippen LogP contribution in [0.1, 0.15) is 41.5 Å². The van der Waals surface area contributed by atoms with Crippen LogP contribution in [0.4, 0.5) is 0 Å². The van der Waals surface area contributed by atoms with Gasteiger partial charge in [-0.05, 0) is 0 Å². The monoisotopic (exact) mass is 282 g/mol. The smallest absolute Gasteiger partial charge is 0.852 e. The minimum Gasteiger partial charge on any atom is -0.852 e. The molecule has 0 unspecified atom stereocenters. The summed E-state index contributed by atoms with van der Waals surface area (Å²) in [4.78, 5) is 0. The van der Waals surface area contributed by atoms with Crippen molar-refractivity contribution >= 4 is 0 Å². The third-order valence-electron chi connectivity index (χ3n) is 0. The van der Waals surface area contributed by atoms with Crippen LogP contribution >= 0.6 is 0 Å². The van der Waals surface area contributed by atoms with Crippen molar-refractivity contribution < 1.29 is 41.5 Å². The zero-order valence-electron chi connectivity index (χ0n) is 10.5. The standard InChI is InChI=1S/3C3H7O.CH3.Zr/c3*1-3(2)4;;/h3*3H,1-2H3;1H3;/q4*-1;+4. The maximum absolute atomic E-state index is 9.53. The van der Waals surface area contributed by atoms with Crippen LogP contribution in [0.15, 0.2) is 0 Å². The summed E-state index contributed by atoms with van der Waals surface area (Å²) in [6.07, 6.45) is -1.25. The van der Waals surface area contributed by atoms with Crippen molar-refractivity contribution in [2.24, 2.45) is 0 Å². The fraction of sp³-hybridized carbons (Fsp3) is 0.900. The summed E-state index contributed by atoms with van der Waals surface area (Å²) in [5, 5.41) is 28.6. The molecule has 4 heteroatoms. The van der Waals surface area contributed by atoms with E-state index in [1.54, 1.807) is 41.5 Å². The van der Waals surface area contributed by atoms with E-state index in [0.29, 0.717) is 0 Å². The van der Waals surface area contributed by atoms with Crippen LogP contribution in [0.25, 0.3) is 0 Å². The zero-order valence-corrected chi connectivity index (χ0v) is 12.9. The van der Waals surface area contributed by atoms with E-state index in [9.17, 15) is 15.3 Å². The van der Waals surface area contributed by atoms with Crippen molar-refractivity contribution in [3.05, 3.63) is 7.43 Å². The molecule has 0 rings (SSSR count). The van der Waals surface area contributed by atoms with E-state index in [0.717, 1.165) is 0 Å². The van der Waals surface area contributed by atoms with E-state index in [-0.39, 0.29) is 33.6 Å². The number of rotatable bonds is 0. The summed E-state index contributed by atoms with van der Waals surface area (Å²) in [6, 6.07) is 0. The van der Waals surface area contributed by atoms with Crippen LogP contribution in [0.5, 0.6) is 0 Å². The van der Waals surface area contributed by atoms with Gasteiger partial charge in [0.25, 0.3) is 0 Å². The minimum atomic E-state index is -0.417. The van der Waals surface area contributed by atoms with Gasteiger partial charge < -0.3 is 22.7 Å². The van der Waals surface area contributed by atoms with Crippen LogP contribution in [-0.2, 0) is 26.2 Å². The van der Waals surface area contributed by atoms with Gasteiger partial charge >= 0.3 is 26.2 Å². The molecule has 86 valence electrons. The Morgan fingerprint density at radius 2 is 0.571 bits per heavy atom. The van der Waals surface area contributed by atoms with Gasteiger partial charge in [0, 0.05) is 0 Å². The molecule has 0 bridgehead atoms.